The number of fused-ring (bicyclic) bond motifs is 1. The summed E-state index contributed by atoms with van der Waals surface area (Å²) in [5.74, 6) is -0.297. The summed E-state index contributed by atoms with van der Waals surface area (Å²) in [5, 5.41) is 4.21. The maximum absolute atomic E-state index is 12.5. The summed E-state index contributed by atoms with van der Waals surface area (Å²) in [7, 11) is -1.50. The number of nitrogens with zero attached hydrogens (tertiary/aromatic N) is 3. The third-order valence-corrected chi connectivity index (χ3v) is 7.49. The molecule has 1 aliphatic rings. The van der Waals surface area contributed by atoms with Crippen LogP contribution in [0.1, 0.15) is 26.2 Å². The fourth-order valence-electron chi connectivity index (χ4n) is 3.08. The Kier molecular flexibility index (Phi) is 5.26. The third kappa shape index (κ3) is 3.63. The smallest absolute Gasteiger partial charge is 0.258 e. The maximum atomic E-state index is 12.5. The quantitative estimate of drug-likeness (QED) is 0.793. The highest BCUT2D eigenvalue weighted by molar-refractivity contribution is 7.89. The van der Waals surface area contributed by atoms with Crippen molar-refractivity contribution in [3.05, 3.63) is 29.1 Å². The molecule has 1 amide bonds. The lowest BCUT2D eigenvalue weighted by atomic mass is 10.2. The average Bonchev–Trinajstić information content (AvgIpc) is 3.19. The maximum Gasteiger partial charge on any atom is 0.258 e. The van der Waals surface area contributed by atoms with Crippen molar-refractivity contribution in [2.75, 3.05) is 12.3 Å². The Balaban J connectivity index is 1.80. The van der Waals surface area contributed by atoms with Gasteiger partial charge in [-0.2, -0.15) is 4.31 Å². The SMILES string of the molecule is CCCS(=O)(=O)N1CCCC1C(=O)N/N=c1\sc2ccccc2n1C. The second-order valence-corrected chi connectivity index (χ2v) is 9.13. The van der Waals surface area contributed by atoms with Crippen LogP contribution in [0, 0.1) is 0 Å². The minimum atomic E-state index is -3.39. The van der Waals surface area contributed by atoms with E-state index in [1.165, 1.54) is 15.6 Å². The lowest BCUT2D eigenvalue weighted by molar-refractivity contribution is -0.124. The van der Waals surface area contributed by atoms with Gasteiger partial charge in [0.15, 0.2) is 0 Å². The van der Waals surface area contributed by atoms with E-state index in [1.54, 1.807) is 0 Å². The number of benzene rings is 1. The van der Waals surface area contributed by atoms with E-state index in [0.29, 0.717) is 30.6 Å². The molecule has 0 radical (unpaired) electrons. The first-order valence-corrected chi connectivity index (χ1v) is 10.7. The van der Waals surface area contributed by atoms with Crippen molar-refractivity contribution >= 4 is 37.5 Å². The average molecular weight is 383 g/mol. The molecule has 0 aliphatic carbocycles. The predicted octanol–water partition coefficient (Wildman–Crippen LogP) is 1.38. The summed E-state index contributed by atoms with van der Waals surface area (Å²) < 4.78 is 28.9. The number of sulfonamides is 1. The molecule has 1 N–H and O–H groups in total. The first-order chi connectivity index (χ1) is 11.9. The number of para-hydroxylation sites is 1. The topological polar surface area (TPSA) is 83.8 Å². The van der Waals surface area contributed by atoms with E-state index in [2.05, 4.69) is 10.5 Å². The number of nitrogens with one attached hydrogen (secondary N) is 1. The van der Waals surface area contributed by atoms with Gasteiger partial charge in [-0.1, -0.05) is 30.4 Å². The van der Waals surface area contributed by atoms with Gasteiger partial charge in [0, 0.05) is 13.6 Å². The fraction of sp³-hybridized carbons (Fsp3) is 0.500. The molecule has 1 aliphatic heterocycles. The molecule has 1 atom stereocenters. The highest BCUT2D eigenvalue weighted by atomic mass is 32.2. The van der Waals surface area contributed by atoms with E-state index in [-0.39, 0.29) is 11.7 Å². The number of hydrogen-bond acceptors (Lipinski definition) is 5. The molecule has 7 nitrogen and oxygen atoms in total. The van der Waals surface area contributed by atoms with E-state index >= 15 is 0 Å². The number of thiazole rings is 1. The summed E-state index contributed by atoms with van der Waals surface area (Å²) >= 11 is 1.47. The van der Waals surface area contributed by atoms with Crippen LogP contribution < -0.4 is 10.2 Å². The van der Waals surface area contributed by atoms with Gasteiger partial charge in [0.2, 0.25) is 14.8 Å². The molecule has 1 aromatic heterocycles. The monoisotopic (exact) mass is 382 g/mol. The van der Waals surface area contributed by atoms with E-state index in [0.717, 1.165) is 10.2 Å². The van der Waals surface area contributed by atoms with Gasteiger partial charge in [-0.3, -0.25) is 4.79 Å². The number of aryl methyl sites for hydroxylation is 1. The lowest BCUT2D eigenvalue weighted by Gasteiger charge is -2.22. The van der Waals surface area contributed by atoms with Gasteiger partial charge in [0.1, 0.15) is 6.04 Å². The Morgan fingerprint density at radius 1 is 1.40 bits per heavy atom. The zero-order valence-electron chi connectivity index (χ0n) is 14.3. The number of amides is 1. The number of carbonyl (C=O) groups excluding carboxylic acids is 1. The normalized spacial score (nSPS) is 19.6. The van der Waals surface area contributed by atoms with Crippen molar-refractivity contribution in [1.82, 2.24) is 14.3 Å². The number of rotatable bonds is 5. The zero-order valence-corrected chi connectivity index (χ0v) is 15.9. The molecule has 3 rings (SSSR count). The minimum absolute atomic E-state index is 0.0686. The van der Waals surface area contributed by atoms with E-state index in [1.807, 2.05) is 42.8 Å². The number of carbonyl (C=O) groups is 1. The van der Waals surface area contributed by atoms with Crippen molar-refractivity contribution in [1.29, 1.82) is 0 Å². The summed E-state index contributed by atoms with van der Waals surface area (Å²) in [6.07, 6.45) is 1.76. The molecule has 1 fully saturated rings. The van der Waals surface area contributed by atoms with Crippen LogP contribution >= 0.6 is 11.3 Å². The molecule has 0 bridgehead atoms. The standard InChI is InChI=1S/C16H22N4O3S2/c1-3-11-25(22,23)20-10-6-8-13(20)15(21)17-18-16-19(2)12-7-4-5-9-14(12)24-16/h4-5,7,9,13H,3,6,8,10-11H2,1-2H3,(H,17,21)/b18-16-. The number of aromatic nitrogens is 1. The number of hydrogen-bond donors (Lipinski definition) is 1. The Bertz CT molecular complexity index is 946. The fourth-order valence-corrected chi connectivity index (χ4v) is 5.80. The molecule has 1 aromatic carbocycles. The molecule has 1 saturated heterocycles. The van der Waals surface area contributed by atoms with Gasteiger partial charge >= 0.3 is 0 Å². The minimum Gasteiger partial charge on any atom is -0.318 e. The molecule has 0 saturated carbocycles. The summed E-state index contributed by atoms with van der Waals surface area (Å²) in [6, 6.07) is 7.22. The first kappa shape index (κ1) is 18.1. The van der Waals surface area contributed by atoms with Gasteiger partial charge in [-0.05, 0) is 31.4 Å². The second-order valence-electron chi connectivity index (χ2n) is 6.08. The van der Waals surface area contributed by atoms with Crippen LogP contribution in [0.25, 0.3) is 10.2 Å². The summed E-state index contributed by atoms with van der Waals surface area (Å²) in [6.45, 7) is 2.22. The van der Waals surface area contributed by atoms with Gasteiger partial charge in [-0.15, -0.1) is 5.10 Å². The van der Waals surface area contributed by atoms with E-state index < -0.39 is 16.1 Å². The summed E-state index contributed by atoms with van der Waals surface area (Å²) in [5.41, 5.74) is 3.59. The van der Waals surface area contributed by atoms with Crippen molar-refractivity contribution in [2.45, 2.75) is 32.2 Å². The van der Waals surface area contributed by atoms with Crippen molar-refractivity contribution in [3.8, 4) is 0 Å². The van der Waals surface area contributed by atoms with E-state index in [4.69, 9.17) is 0 Å². The molecule has 0 spiro atoms. The van der Waals surface area contributed by atoms with Gasteiger partial charge in [0.05, 0.1) is 16.0 Å². The third-order valence-electron chi connectivity index (χ3n) is 4.30. The molecule has 9 heteroatoms. The van der Waals surface area contributed by atoms with Crippen LogP contribution in [0.2, 0.25) is 0 Å². The Morgan fingerprint density at radius 2 is 2.16 bits per heavy atom. The Hall–Kier alpha value is -1.71. The molecule has 1 unspecified atom stereocenters. The van der Waals surface area contributed by atoms with Crippen LogP contribution in [0.15, 0.2) is 29.4 Å². The van der Waals surface area contributed by atoms with Gasteiger partial charge in [-0.25, -0.2) is 13.8 Å². The molecule has 2 aromatic rings. The van der Waals surface area contributed by atoms with Crippen LogP contribution in [0.5, 0.6) is 0 Å². The van der Waals surface area contributed by atoms with Crippen molar-refractivity contribution in [3.63, 3.8) is 0 Å². The van der Waals surface area contributed by atoms with Crippen LogP contribution in [0.3, 0.4) is 0 Å². The molecular weight excluding hydrogens is 360 g/mol. The molecule has 136 valence electrons. The Morgan fingerprint density at radius 3 is 2.88 bits per heavy atom. The largest absolute Gasteiger partial charge is 0.318 e. The lowest BCUT2D eigenvalue weighted by Crippen LogP contribution is -2.45. The van der Waals surface area contributed by atoms with Crippen LogP contribution in [-0.2, 0) is 21.9 Å². The van der Waals surface area contributed by atoms with Gasteiger partial charge in [0.25, 0.3) is 5.91 Å². The molecule has 2 heterocycles. The van der Waals surface area contributed by atoms with Crippen molar-refractivity contribution < 1.29 is 13.2 Å². The second kappa shape index (κ2) is 7.27. The van der Waals surface area contributed by atoms with Crippen LogP contribution in [-0.4, -0.2) is 41.5 Å². The van der Waals surface area contributed by atoms with E-state index in [9.17, 15) is 13.2 Å². The zero-order chi connectivity index (χ0) is 18.0. The van der Waals surface area contributed by atoms with Gasteiger partial charge < -0.3 is 4.57 Å². The first-order valence-electron chi connectivity index (χ1n) is 8.31. The Labute approximate surface area is 151 Å². The highest BCUT2D eigenvalue weighted by Gasteiger charge is 2.38. The predicted molar refractivity (Wildman–Crippen MR) is 98.3 cm³/mol. The highest BCUT2D eigenvalue weighted by Crippen LogP contribution is 2.22. The molecular formula is C16H22N4O3S2. The summed E-state index contributed by atoms with van der Waals surface area (Å²) in [4.78, 5) is 13.2. The van der Waals surface area contributed by atoms with Crippen molar-refractivity contribution in [2.24, 2.45) is 12.1 Å². The van der Waals surface area contributed by atoms with Crippen LogP contribution in [0.4, 0.5) is 0 Å². The molecule has 25 heavy (non-hydrogen) atoms.